The second kappa shape index (κ2) is 6.51. The van der Waals surface area contributed by atoms with Gasteiger partial charge in [-0.05, 0) is 69.5 Å². The fourth-order valence-electron chi connectivity index (χ4n) is 6.77. The molecule has 6 rings (SSSR count). The molecule has 3 amide bonds. The SMILES string of the molecule is CCN1C(=O)[C@]2(c3ccccc31)[C@H]1C(=O)N(c3ccc(C)c(C)c3)C(=O)[C@@H]1[C@H]1CCCN12. The first-order valence-corrected chi connectivity index (χ1v) is 11.6. The van der Waals surface area contributed by atoms with Gasteiger partial charge in [0, 0.05) is 23.8 Å². The average molecular weight is 430 g/mol. The second-order valence-corrected chi connectivity index (χ2v) is 9.52. The van der Waals surface area contributed by atoms with Crippen LogP contribution in [0.3, 0.4) is 0 Å². The van der Waals surface area contributed by atoms with Gasteiger partial charge >= 0.3 is 0 Å². The van der Waals surface area contributed by atoms with Crippen LogP contribution >= 0.6 is 0 Å². The summed E-state index contributed by atoms with van der Waals surface area (Å²) in [5.41, 5.74) is 3.44. The number of rotatable bonds is 2. The summed E-state index contributed by atoms with van der Waals surface area (Å²) < 4.78 is 0. The number of carbonyl (C=O) groups is 3. The van der Waals surface area contributed by atoms with E-state index in [1.165, 1.54) is 4.90 Å². The smallest absolute Gasteiger partial charge is 0.253 e. The number of fused-ring (bicyclic) bond motifs is 7. The van der Waals surface area contributed by atoms with Crippen molar-refractivity contribution >= 4 is 29.1 Å². The molecule has 0 aliphatic carbocycles. The van der Waals surface area contributed by atoms with Crippen LogP contribution in [0.15, 0.2) is 42.5 Å². The predicted octanol–water partition coefficient (Wildman–Crippen LogP) is 3.15. The Morgan fingerprint density at radius 2 is 1.78 bits per heavy atom. The molecule has 3 saturated heterocycles. The normalized spacial score (nSPS) is 31.1. The van der Waals surface area contributed by atoms with Crippen LogP contribution in [0.4, 0.5) is 11.4 Å². The van der Waals surface area contributed by atoms with Crippen LogP contribution in [0, 0.1) is 25.7 Å². The molecule has 2 aromatic carbocycles. The van der Waals surface area contributed by atoms with Gasteiger partial charge in [0.15, 0.2) is 0 Å². The molecule has 6 heteroatoms. The van der Waals surface area contributed by atoms with E-state index in [0.29, 0.717) is 12.2 Å². The predicted molar refractivity (Wildman–Crippen MR) is 121 cm³/mol. The van der Waals surface area contributed by atoms with Crippen molar-refractivity contribution in [3.05, 3.63) is 59.2 Å². The lowest BCUT2D eigenvalue weighted by Crippen LogP contribution is -2.56. The summed E-state index contributed by atoms with van der Waals surface area (Å²) in [4.78, 5) is 47.3. The lowest BCUT2D eigenvalue weighted by Gasteiger charge is -2.37. The molecule has 32 heavy (non-hydrogen) atoms. The maximum Gasteiger partial charge on any atom is 0.253 e. The second-order valence-electron chi connectivity index (χ2n) is 9.52. The van der Waals surface area contributed by atoms with Gasteiger partial charge < -0.3 is 4.90 Å². The molecule has 0 aromatic heterocycles. The van der Waals surface area contributed by atoms with Gasteiger partial charge in [0.1, 0.15) is 5.54 Å². The van der Waals surface area contributed by atoms with E-state index < -0.39 is 17.4 Å². The number of hydrogen-bond acceptors (Lipinski definition) is 4. The molecule has 4 aliphatic heterocycles. The number of amides is 3. The molecule has 0 bridgehead atoms. The third kappa shape index (κ3) is 2.11. The first-order chi connectivity index (χ1) is 15.4. The van der Waals surface area contributed by atoms with Crippen molar-refractivity contribution < 1.29 is 14.4 Å². The number of hydrogen-bond donors (Lipinski definition) is 0. The monoisotopic (exact) mass is 429 g/mol. The number of para-hydroxylation sites is 1. The average Bonchev–Trinajstić information content (AvgIpc) is 3.48. The van der Waals surface area contributed by atoms with Crippen molar-refractivity contribution in [1.82, 2.24) is 4.90 Å². The Kier molecular flexibility index (Phi) is 4.01. The fourth-order valence-corrected chi connectivity index (χ4v) is 6.77. The lowest BCUT2D eigenvalue weighted by molar-refractivity contribution is -0.137. The van der Waals surface area contributed by atoms with Crippen molar-refractivity contribution in [3.8, 4) is 0 Å². The van der Waals surface area contributed by atoms with Crippen LogP contribution in [0.25, 0.3) is 0 Å². The molecular formula is C26H27N3O3. The molecule has 0 N–H and O–H groups in total. The molecule has 4 heterocycles. The molecule has 6 nitrogen and oxygen atoms in total. The first kappa shape index (κ1) is 19.7. The van der Waals surface area contributed by atoms with Crippen LogP contribution in [-0.2, 0) is 19.9 Å². The van der Waals surface area contributed by atoms with Gasteiger partial charge in [0.2, 0.25) is 11.8 Å². The summed E-state index contributed by atoms with van der Waals surface area (Å²) in [6.07, 6.45) is 1.77. The van der Waals surface area contributed by atoms with Gasteiger partial charge in [-0.15, -0.1) is 0 Å². The number of benzene rings is 2. The minimum Gasteiger partial charge on any atom is -0.310 e. The Morgan fingerprint density at radius 3 is 2.53 bits per heavy atom. The molecule has 2 aromatic rings. The number of aryl methyl sites for hydroxylation is 2. The van der Waals surface area contributed by atoms with Crippen LogP contribution in [0.2, 0.25) is 0 Å². The van der Waals surface area contributed by atoms with Crippen molar-refractivity contribution in [3.63, 3.8) is 0 Å². The van der Waals surface area contributed by atoms with Gasteiger partial charge in [-0.25, -0.2) is 4.90 Å². The third-order valence-corrected chi connectivity index (χ3v) is 8.21. The molecule has 164 valence electrons. The van der Waals surface area contributed by atoms with E-state index in [0.717, 1.165) is 41.8 Å². The number of imide groups is 1. The Labute approximate surface area is 187 Å². The van der Waals surface area contributed by atoms with Crippen LogP contribution < -0.4 is 9.80 Å². The standard InChI is InChI=1S/C26H27N3O3/c1-4-27-19-9-6-5-8-18(19)26(25(27)32)22-21(20-10-7-13-28(20)26)23(30)29(24(22)31)17-12-11-15(2)16(3)14-17/h5-6,8-9,11-12,14,20-22H,4,7,10,13H2,1-3H3/t20-,21-,22-,26+/m1/s1. The highest BCUT2D eigenvalue weighted by Gasteiger charge is 2.75. The quantitative estimate of drug-likeness (QED) is 0.688. The summed E-state index contributed by atoms with van der Waals surface area (Å²) in [5.74, 6) is -1.62. The largest absolute Gasteiger partial charge is 0.310 e. The number of nitrogens with zero attached hydrogens (tertiary/aromatic N) is 3. The Bertz CT molecular complexity index is 1190. The highest BCUT2D eigenvalue weighted by molar-refractivity contribution is 6.26. The summed E-state index contributed by atoms with van der Waals surface area (Å²) in [6.45, 7) is 7.24. The van der Waals surface area contributed by atoms with Gasteiger partial charge in [-0.3, -0.25) is 19.3 Å². The van der Waals surface area contributed by atoms with E-state index in [4.69, 9.17) is 0 Å². The lowest BCUT2D eigenvalue weighted by atomic mass is 9.75. The Morgan fingerprint density at radius 1 is 1.00 bits per heavy atom. The number of carbonyl (C=O) groups excluding carboxylic acids is 3. The molecule has 4 aliphatic rings. The van der Waals surface area contributed by atoms with E-state index in [9.17, 15) is 14.4 Å². The molecule has 1 spiro atoms. The van der Waals surface area contributed by atoms with Crippen molar-refractivity contribution in [1.29, 1.82) is 0 Å². The van der Waals surface area contributed by atoms with Crippen molar-refractivity contribution in [2.45, 2.75) is 45.2 Å². The summed E-state index contributed by atoms with van der Waals surface area (Å²) in [7, 11) is 0. The molecule has 4 atom stereocenters. The third-order valence-electron chi connectivity index (χ3n) is 8.21. The zero-order valence-corrected chi connectivity index (χ0v) is 18.7. The Balaban J connectivity index is 1.56. The Hall–Kier alpha value is -2.99. The molecule has 3 fully saturated rings. The summed E-state index contributed by atoms with van der Waals surface area (Å²) in [5, 5.41) is 0. The topological polar surface area (TPSA) is 60.9 Å². The van der Waals surface area contributed by atoms with Gasteiger partial charge in [-0.2, -0.15) is 0 Å². The fraction of sp³-hybridized carbons (Fsp3) is 0.423. The van der Waals surface area contributed by atoms with E-state index in [1.54, 1.807) is 4.90 Å². The van der Waals surface area contributed by atoms with Crippen LogP contribution in [0.5, 0.6) is 0 Å². The summed E-state index contributed by atoms with van der Waals surface area (Å²) in [6, 6.07) is 13.4. The van der Waals surface area contributed by atoms with E-state index >= 15 is 0 Å². The number of anilines is 2. The van der Waals surface area contributed by atoms with Gasteiger partial charge in [0.25, 0.3) is 5.91 Å². The van der Waals surface area contributed by atoms with E-state index in [2.05, 4.69) is 4.90 Å². The van der Waals surface area contributed by atoms with Crippen LogP contribution in [0.1, 0.15) is 36.5 Å². The van der Waals surface area contributed by atoms with Crippen LogP contribution in [-0.4, -0.2) is 41.8 Å². The highest BCUT2D eigenvalue weighted by Crippen LogP contribution is 2.61. The molecule has 0 radical (unpaired) electrons. The zero-order chi connectivity index (χ0) is 22.4. The highest BCUT2D eigenvalue weighted by atomic mass is 16.2. The van der Waals surface area contributed by atoms with E-state index in [1.807, 2.05) is 63.2 Å². The van der Waals surface area contributed by atoms with Gasteiger partial charge in [0.05, 0.1) is 17.5 Å². The van der Waals surface area contributed by atoms with Crippen molar-refractivity contribution in [2.24, 2.45) is 11.8 Å². The molecular weight excluding hydrogens is 402 g/mol. The van der Waals surface area contributed by atoms with Gasteiger partial charge in [-0.1, -0.05) is 24.3 Å². The van der Waals surface area contributed by atoms with E-state index in [-0.39, 0.29) is 23.8 Å². The maximum atomic E-state index is 14.1. The molecule has 0 saturated carbocycles. The first-order valence-electron chi connectivity index (χ1n) is 11.6. The number of likely N-dealkylation sites (N-methyl/N-ethyl adjacent to an activating group) is 1. The summed E-state index contributed by atoms with van der Waals surface area (Å²) >= 11 is 0. The molecule has 0 unspecified atom stereocenters. The zero-order valence-electron chi connectivity index (χ0n) is 18.7. The maximum absolute atomic E-state index is 14.1. The minimum absolute atomic E-state index is 0.0521. The van der Waals surface area contributed by atoms with Crippen molar-refractivity contribution in [2.75, 3.05) is 22.9 Å². The minimum atomic E-state index is -1.08.